The fraction of sp³-hybridized carbons (Fsp3) is 0.476. The molecule has 3 atom stereocenters. The van der Waals surface area contributed by atoms with Gasteiger partial charge in [-0.15, -0.1) is 0 Å². The molecule has 2 nitrogen and oxygen atoms in total. The molecule has 2 aromatic carbocycles. The second kappa shape index (κ2) is 6.74. The number of rotatable bonds is 3. The Labute approximate surface area is 139 Å². The molecule has 0 aliphatic heterocycles. The third-order valence-electron chi connectivity index (χ3n) is 5.37. The van der Waals surface area contributed by atoms with E-state index in [-0.39, 0.29) is 5.91 Å². The summed E-state index contributed by atoms with van der Waals surface area (Å²) in [6.45, 7) is 6.85. The molecular weight excluding hydrogens is 282 g/mol. The van der Waals surface area contributed by atoms with Crippen molar-refractivity contribution in [2.45, 2.75) is 46.1 Å². The van der Waals surface area contributed by atoms with E-state index in [0.717, 1.165) is 22.8 Å². The Morgan fingerprint density at radius 2 is 1.83 bits per heavy atom. The number of nitrogens with one attached hydrogen (secondary N) is 1. The van der Waals surface area contributed by atoms with Gasteiger partial charge in [-0.25, -0.2) is 0 Å². The number of carbonyl (C=O) groups excluding carboxylic acids is 1. The fourth-order valence-corrected chi connectivity index (χ4v) is 4.04. The summed E-state index contributed by atoms with van der Waals surface area (Å²) in [5, 5.41) is 5.51. The molecule has 1 aliphatic carbocycles. The highest BCUT2D eigenvalue weighted by atomic mass is 16.1. The van der Waals surface area contributed by atoms with Crippen molar-refractivity contribution < 1.29 is 4.79 Å². The zero-order valence-corrected chi connectivity index (χ0v) is 14.4. The number of carbonyl (C=O) groups is 1. The number of hydrogen-bond acceptors (Lipinski definition) is 1. The number of hydrogen-bond donors (Lipinski definition) is 1. The van der Waals surface area contributed by atoms with Gasteiger partial charge in [0.25, 0.3) is 5.91 Å². The number of amides is 1. The van der Waals surface area contributed by atoms with Crippen LogP contribution in [0, 0.1) is 17.8 Å². The van der Waals surface area contributed by atoms with Gasteiger partial charge in [0.2, 0.25) is 0 Å². The lowest BCUT2D eigenvalue weighted by atomic mass is 9.74. The zero-order chi connectivity index (χ0) is 16.4. The molecule has 0 radical (unpaired) electrons. The second-order valence-corrected chi connectivity index (χ2v) is 7.43. The first kappa shape index (κ1) is 16.0. The lowest BCUT2D eigenvalue weighted by molar-refractivity contribution is 0.0869. The van der Waals surface area contributed by atoms with Crippen molar-refractivity contribution in [3.8, 4) is 0 Å². The van der Waals surface area contributed by atoms with Gasteiger partial charge in [-0.3, -0.25) is 4.79 Å². The molecule has 1 saturated carbocycles. The summed E-state index contributed by atoms with van der Waals surface area (Å²) in [6, 6.07) is 14.4. The van der Waals surface area contributed by atoms with Crippen LogP contribution >= 0.6 is 0 Å². The van der Waals surface area contributed by atoms with Crippen molar-refractivity contribution >= 4 is 16.7 Å². The van der Waals surface area contributed by atoms with Crippen LogP contribution in [0.1, 0.15) is 50.4 Å². The first-order valence-electron chi connectivity index (χ1n) is 8.85. The molecule has 0 unspecified atom stereocenters. The Morgan fingerprint density at radius 1 is 1.09 bits per heavy atom. The normalized spacial score (nSPS) is 24.8. The maximum Gasteiger partial charge on any atom is 0.252 e. The smallest absolute Gasteiger partial charge is 0.252 e. The molecular formula is C21H27NO. The highest BCUT2D eigenvalue weighted by Crippen LogP contribution is 2.33. The first-order valence-corrected chi connectivity index (χ1v) is 8.85. The van der Waals surface area contributed by atoms with Crippen LogP contribution < -0.4 is 5.32 Å². The summed E-state index contributed by atoms with van der Waals surface area (Å²) in [7, 11) is 0. The van der Waals surface area contributed by atoms with Gasteiger partial charge in [0.1, 0.15) is 0 Å². The van der Waals surface area contributed by atoms with Gasteiger partial charge in [-0.2, -0.15) is 0 Å². The van der Waals surface area contributed by atoms with E-state index in [0.29, 0.717) is 23.8 Å². The van der Waals surface area contributed by atoms with Crippen LogP contribution in [-0.2, 0) is 0 Å². The highest BCUT2D eigenvalue weighted by Gasteiger charge is 2.32. The summed E-state index contributed by atoms with van der Waals surface area (Å²) in [5.74, 6) is 1.97. The Morgan fingerprint density at radius 3 is 2.61 bits per heavy atom. The third kappa shape index (κ3) is 3.41. The molecule has 2 heteroatoms. The Hall–Kier alpha value is -1.83. The van der Waals surface area contributed by atoms with Crippen molar-refractivity contribution in [3.63, 3.8) is 0 Å². The van der Waals surface area contributed by atoms with Gasteiger partial charge in [0.05, 0.1) is 0 Å². The van der Waals surface area contributed by atoms with Crippen LogP contribution in [0.15, 0.2) is 42.5 Å². The second-order valence-electron chi connectivity index (χ2n) is 7.43. The predicted octanol–water partition coefficient (Wildman–Crippen LogP) is 5.03. The van der Waals surface area contributed by atoms with Gasteiger partial charge >= 0.3 is 0 Å². The minimum absolute atomic E-state index is 0.0755. The molecule has 1 aliphatic rings. The van der Waals surface area contributed by atoms with Crippen LogP contribution in [0.4, 0.5) is 0 Å². The molecule has 0 aromatic heterocycles. The summed E-state index contributed by atoms with van der Waals surface area (Å²) in [4.78, 5) is 12.9. The van der Waals surface area contributed by atoms with Gasteiger partial charge in [-0.1, -0.05) is 63.6 Å². The molecule has 1 amide bonds. The van der Waals surface area contributed by atoms with Crippen LogP contribution in [-0.4, -0.2) is 11.9 Å². The van der Waals surface area contributed by atoms with E-state index >= 15 is 0 Å². The molecule has 1 fully saturated rings. The summed E-state index contributed by atoms with van der Waals surface area (Å²) in [6.07, 6.45) is 3.60. The van der Waals surface area contributed by atoms with E-state index in [1.807, 2.05) is 30.3 Å². The summed E-state index contributed by atoms with van der Waals surface area (Å²) < 4.78 is 0. The molecule has 3 rings (SSSR count). The van der Waals surface area contributed by atoms with Crippen molar-refractivity contribution in [3.05, 3.63) is 48.0 Å². The lowest BCUT2D eigenvalue weighted by Gasteiger charge is -2.37. The lowest BCUT2D eigenvalue weighted by Crippen LogP contribution is -2.45. The Balaban J connectivity index is 1.84. The standard InChI is InChI=1S/C21H27NO/c1-14(2)17-12-11-15(3)13-20(17)22-21(23)19-10-6-8-16-7-4-5-9-18(16)19/h4-10,14-15,17,20H,11-13H2,1-3H3,(H,22,23)/t15-,17-,20-/m1/s1. The van der Waals surface area contributed by atoms with E-state index in [1.54, 1.807) is 0 Å². The molecule has 0 heterocycles. The number of fused-ring (bicyclic) bond motifs is 1. The highest BCUT2D eigenvalue weighted by molar-refractivity contribution is 6.07. The summed E-state index contributed by atoms with van der Waals surface area (Å²) in [5.41, 5.74) is 0.795. The Kier molecular flexibility index (Phi) is 4.70. The van der Waals surface area contributed by atoms with E-state index in [1.165, 1.54) is 12.8 Å². The maximum absolute atomic E-state index is 12.9. The van der Waals surface area contributed by atoms with Crippen LogP contribution in [0.5, 0.6) is 0 Å². The van der Waals surface area contributed by atoms with Crippen LogP contribution in [0.25, 0.3) is 10.8 Å². The maximum atomic E-state index is 12.9. The molecule has 0 spiro atoms. The largest absolute Gasteiger partial charge is 0.349 e. The van der Waals surface area contributed by atoms with Crippen molar-refractivity contribution in [1.82, 2.24) is 5.32 Å². The average Bonchev–Trinajstić information content (AvgIpc) is 2.54. The molecule has 2 aromatic rings. The SMILES string of the molecule is CC(C)[C@H]1CC[C@@H](C)C[C@H]1NC(=O)c1cccc2ccccc12. The first-order chi connectivity index (χ1) is 11.1. The molecule has 122 valence electrons. The quantitative estimate of drug-likeness (QED) is 0.846. The van der Waals surface area contributed by atoms with Crippen molar-refractivity contribution in [2.24, 2.45) is 17.8 Å². The summed E-state index contributed by atoms with van der Waals surface area (Å²) >= 11 is 0. The van der Waals surface area contributed by atoms with Crippen molar-refractivity contribution in [2.75, 3.05) is 0 Å². The number of benzene rings is 2. The fourth-order valence-electron chi connectivity index (χ4n) is 4.04. The van der Waals surface area contributed by atoms with Crippen LogP contribution in [0.3, 0.4) is 0 Å². The van der Waals surface area contributed by atoms with Gasteiger partial charge < -0.3 is 5.32 Å². The van der Waals surface area contributed by atoms with Gasteiger partial charge in [-0.05, 0) is 47.4 Å². The molecule has 23 heavy (non-hydrogen) atoms. The van der Waals surface area contributed by atoms with Crippen molar-refractivity contribution in [1.29, 1.82) is 0 Å². The van der Waals surface area contributed by atoms with Crippen LogP contribution in [0.2, 0.25) is 0 Å². The van der Waals surface area contributed by atoms with E-state index in [9.17, 15) is 4.79 Å². The van der Waals surface area contributed by atoms with Gasteiger partial charge in [0, 0.05) is 11.6 Å². The van der Waals surface area contributed by atoms with E-state index in [4.69, 9.17) is 0 Å². The topological polar surface area (TPSA) is 29.1 Å². The van der Waals surface area contributed by atoms with E-state index < -0.39 is 0 Å². The van der Waals surface area contributed by atoms with Gasteiger partial charge in [0.15, 0.2) is 0 Å². The predicted molar refractivity (Wildman–Crippen MR) is 96.5 cm³/mol. The Bertz CT molecular complexity index is 686. The monoisotopic (exact) mass is 309 g/mol. The molecule has 0 saturated heterocycles. The average molecular weight is 309 g/mol. The molecule has 1 N–H and O–H groups in total. The molecule has 0 bridgehead atoms. The minimum Gasteiger partial charge on any atom is -0.349 e. The minimum atomic E-state index is 0.0755. The zero-order valence-electron chi connectivity index (χ0n) is 14.4. The van der Waals surface area contributed by atoms with E-state index in [2.05, 4.69) is 38.2 Å². The third-order valence-corrected chi connectivity index (χ3v) is 5.37.